The van der Waals surface area contributed by atoms with Gasteiger partial charge in [0.1, 0.15) is 0 Å². The molecule has 2 rings (SSSR count). The van der Waals surface area contributed by atoms with Crippen LogP contribution in [0.15, 0.2) is 24.4 Å². The summed E-state index contributed by atoms with van der Waals surface area (Å²) in [4.78, 5) is 6.74. The number of hydrogen-bond donors (Lipinski definition) is 1. The number of aromatic nitrogens is 1. The van der Waals surface area contributed by atoms with Crippen LogP contribution in [0.1, 0.15) is 5.69 Å². The Morgan fingerprint density at radius 3 is 3.25 bits per heavy atom. The van der Waals surface area contributed by atoms with Gasteiger partial charge in [-0.1, -0.05) is 6.07 Å². The normalized spacial score (nSPS) is 22.2. The molecule has 0 saturated carbocycles. The van der Waals surface area contributed by atoms with Crippen LogP contribution in [-0.2, 0) is 11.3 Å². The monoisotopic (exact) mass is 221 g/mol. The SMILES string of the molecule is CNCC1CN(Cc2ccccn2)CCO1. The van der Waals surface area contributed by atoms with E-state index in [2.05, 4.69) is 21.3 Å². The minimum Gasteiger partial charge on any atom is -0.374 e. The Balaban J connectivity index is 1.85. The standard InChI is InChI=1S/C12H19N3O/c1-13-8-12-10-15(6-7-16-12)9-11-4-2-3-5-14-11/h2-5,12-13H,6-10H2,1H3. The maximum Gasteiger partial charge on any atom is 0.0826 e. The van der Waals surface area contributed by atoms with Crippen LogP contribution >= 0.6 is 0 Å². The molecule has 1 saturated heterocycles. The fourth-order valence-electron chi connectivity index (χ4n) is 2.00. The van der Waals surface area contributed by atoms with Crippen molar-refractivity contribution in [3.63, 3.8) is 0 Å². The molecule has 4 heteroatoms. The van der Waals surface area contributed by atoms with Crippen LogP contribution in [0, 0.1) is 0 Å². The summed E-state index contributed by atoms with van der Waals surface area (Å²) in [5.74, 6) is 0. The second-order valence-corrected chi connectivity index (χ2v) is 4.11. The zero-order chi connectivity index (χ0) is 11.2. The zero-order valence-electron chi connectivity index (χ0n) is 9.72. The van der Waals surface area contributed by atoms with Gasteiger partial charge in [0.15, 0.2) is 0 Å². The predicted octanol–water partition coefficient (Wildman–Crippen LogP) is 0.502. The van der Waals surface area contributed by atoms with Crippen molar-refractivity contribution in [2.24, 2.45) is 0 Å². The summed E-state index contributed by atoms with van der Waals surface area (Å²) in [6, 6.07) is 6.06. The number of nitrogens with zero attached hydrogens (tertiary/aromatic N) is 2. The number of rotatable bonds is 4. The highest BCUT2D eigenvalue weighted by Gasteiger charge is 2.19. The quantitative estimate of drug-likeness (QED) is 0.803. The van der Waals surface area contributed by atoms with E-state index in [1.165, 1.54) is 0 Å². The highest BCUT2D eigenvalue weighted by molar-refractivity contribution is 5.03. The molecule has 0 bridgehead atoms. The number of nitrogens with one attached hydrogen (secondary N) is 1. The third-order valence-corrected chi connectivity index (χ3v) is 2.77. The van der Waals surface area contributed by atoms with Crippen LogP contribution in [0.3, 0.4) is 0 Å². The molecule has 0 aliphatic carbocycles. The lowest BCUT2D eigenvalue weighted by Gasteiger charge is -2.32. The maximum atomic E-state index is 5.66. The van der Waals surface area contributed by atoms with Crippen LogP contribution in [0.5, 0.6) is 0 Å². The van der Waals surface area contributed by atoms with Crippen molar-refractivity contribution in [2.75, 3.05) is 33.3 Å². The van der Waals surface area contributed by atoms with E-state index >= 15 is 0 Å². The number of hydrogen-bond acceptors (Lipinski definition) is 4. The van der Waals surface area contributed by atoms with E-state index in [1.54, 1.807) is 0 Å². The molecule has 1 atom stereocenters. The van der Waals surface area contributed by atoms with Gasteiger partial charge in [0.05, 0.1) is 18.4 Å². The number of morpholine rings is 1. The Bertz CT molecular complexity index is 302. The molecule has 2 heterocycles. The van der Waals surface area contributed by atoms with Gasteiger partial charge in [-0.15, -0.1) is 0 Å². The summed E-state index contributed by atoms with van der Waals surface area (Å²) in [6.45, 7) is 4.64. The molecule has 1 aliphatic rings. The molecule has 1 fully saturated rings. The Kier molecular flexibility index (Phi) is 4.27. The van der Waals surface area contributed by atoms with E-state index < -0.39 is 0 Å². The van der Waals surface area contributed by atoms with E-state index in [9.17, 15) is 0 Å². The van der Waals surface area contributed by atoms with Gasteiger partial charge < -0.3 is 10.1 Å². The minimum absolute atomic E-state index is 0.308. The molecule has 0 aromatic carbocycles. The summed E-state index contributed by atoms with van der Waals surface area (Å²) in [6.07, 6.45) is 2.16. The van der Waals surface area contributed by atoms with Crippen molar-refractivity contribution >= 4 is 0 Å². The lowest BCUT2D eigenvalue weighted by molar-refractivity contribution is -0.0294. The lowest BCUT2D eigenvalue weighted by atomic mass is 10.2. The molecule has 1 aromatic heterocycles. The predicted molar refractivity (Wildman–Crippen MR) is 63.2 cm³/mol. The van der Waals surface area contributed by atoms with E-state index in [1.807, 2.05) is 25.4 Å². The van der Waals surface area contributed by atoms with Crippen molar-refractivity contribution in [1.82, 2.24) is 15.2 Å². The first-order valence-corrected chi connectivity index (χ1v) is 5.77. The third kappa shape index (κ3) is 3.27. The molecule has 88 valence electrons. The smallest absolute Gasteiger partial charge is 0.0826 e. The van der Waals surface area contributed by atoms with E-state index in [0.29, 0.717) is 6.10 Å². The van der Waals surface area contributed by atoms with Gasteiger partial charge in [-0.05, 0) is 19.2 Å². The molecule has 16 heavy (non-hydrogen) atoms. The Morgan fingerprint density at radius 1 is 1.56 bits per heavy atom. The molecule has 1 unspecified atom stereocenters. The van der Waals surface area contributed by atoms with Gasteiger partial charge >= 0.3 is 0 Å². The first-order valence-electron chi connectivity index (χ1n) is 5.77. The fraction of sp³-hybridized carbons (Fsp3) is 0.583. The van der Waals surface area contributed by atoms with E-state index in [-0.39, 0.29) is 0 Å². The Morgan fingerprint density at radius 2 is 2.50 bits per heavy atom. The summed E-state index contributed by atoms with van der Waals surface area (Å²) in [7, 11) is 1.96. The molecule has 1 N–H and O–H groups in total. The van der Waals surface area contributed by atoms with Gasteiger partial charge in [0.25, 0.3) is 0 Å². The van der Waals surface area contributed by atoms with Crippen molar-refractivity contribution < 1.29 is 4.74 Å². The van der Waals surface area contributed by atoms with Gasteiger partial charge in [0.2, 0.25) is 0 Å². The number of pyridine rings is 1. The molecular weight excluding hydrogens is 202 g/mol. The number of ether oxygens (including phenoxy) is 1. The molecule has 0 radical (unpaired) electrons. The Hall–Kier alpha value is -0.970. The van der Waals surface area contributed by atoms with Crippen molar-refractivity contribution in [2.45, 2.75) is 12.6 Å². The van der Waals surface area contributed by atoms with E-state index in [0.717, 1.165) is 38.5 Å². The van der Waals surface area contributed by atoms with Gasteiger partial charge in [-0.3, -0.25) is 9.88 Å². The summed E-state index contributed by atoms with van der Waals surface area (Å²) < 4.78 is 5.66. The van der Waals surface area contributed by atoms with Crippen LogP contribution in [0.4, 0.5) is 0 Å². The summed E-state index contributed by atoms with van der Waals surface area (Å²) in [5, 5.41) is 3.15. The molecule has 1 aromatic rings. The van der Waals surface area contributed by atoms with Crippen molar-refractivity contribution in [3.05, 3.63) is 30.1 Å². The molecule has 0 amide bonds. The van der Waals surface area contributed by atoms with Gasteiger partial charge in [0, 0.05) is 32.4 Å². The van der Waals surface area contributed by atoms with Gasteiger partial charge in [-0.25, -0.2) is 0 Å². The first kappa shape index (κ1) is 11.5. The molecule has 4 nitrogen and oxygen atoms in total. The maximum absolute atomic E-state index is 5.66. The molecule has 1 aliphatic heterocycles. The molecular formula is C12H19N3O. The average Bonchev–Trinajstić information content (AvgIpc) is 2.31. The highest BCUT2D eigenvalue weighted by atomic mass is 16.5. The summed E-state index contributed by atoms with van der Waals surface area (Å²) >= 11 is 0. The average molecular weight is 221 g/mol. The fourth-order valence-corrected chi connectivity index (χ4v) is 2.00. The van der Waals surface area contributed by atoms with Crippen LogP contribution in [0.25, 0.3) is 0 Å². The van der Waals surface area contributed by atoms with Crippen LogP contribution in [-0.4, -0.2) is 49.3 Å². The topological polar surface area (TPSA) is 37.4 Å². The van der Waals surface area contributed by atoms with Crippen molar-refractivity contribution in [1.29, 1.82) is 0 Å². The molecule has 0 spiro atoms. The van der Waals surface area contributed by atoms with Crippen molar-refractivity contribution in [3.8, 4) is 0 Å². The largest absolute Gasteiger partial charge is 0.374 e. The second-order valence-electron chi connectivity index (χ2n) is 4.11. The number of likely N-dealkylation sites (N-methyl/N-ethyl adjacent to an activating group) is 1. The van der Waals surface area contributed by atoms with Gasteiger partial charge in [-0.2, -0.15) is 0 Å². The first-order chi connectivity index (χ1) is 7.88. The lowest BCUT2D eigenvalue weighted by Crippen LogP contribution is -2.45. The third-order valence-electron chi connectivity index (χ3n) is 2.77. The Labute approximate surface area is 96.6 Å². The second kappa shape index (κ2) is 5.94. The minimum atomic E-state index is 0.308. The summed E-state index contributed by atoms with van der Waals surface area (Å²) in [5.41, 5.74) is 1.13. The van der Waals surface area contributed by atoms with E-state index in [4.69, 9.17) is 4.74 Å². The van der Waals surface area contributed by atoms with Crippen LogP contribution in [0.2, 0.25) is 0 Å². The zero-order valence-corrected chi connectivity index (χ0v) is 9.72. The van der Waals surface area contributed by atoms with Crippen LogP contribution < -0.4 is 5.32 Å². The highest BCUT2D eigenvalue weighted by Crippen LogP contribution is 2.08.